The minimum atomic E-state index is -0.777. The molecule has 0 saturated heterocycles. The number of aliphatic hydroxyl groups excluding tert-OH is 1. The Hall–Kier alpha value is -1.28. The Kier molecular flexibility index (Phi) is 5.06. The number of carbonyl (C=O) groups excluding carboxylic acids is 1. The van der Waals surface area contributed by atoms with Gasteiger partial charge in [-0.2, -0.15) is 0 Å². The second kappa shape index (κ2) is 6.33. The number of ether oxygens (including phenoxy) is 1. The first-order valence-electron chi connectivity index (χ1n) is 4.75. The molecule has 0 aliphatic heterocycles. The standard InChI is InChI=1S/C8H14N4O3S/c1-2-15-7(14)3-6(13)4-16-8-11-10-5-12(8)9/h5-6,13H,2-4,9H2,1H3. The molecule has 0 fully saturated rings. The van der Waals surface area contributed by atoms with E-state index in [0.717, 1.165) is 0 Å². The second-order valence-corrected chi connectivity index (χ2v) is 3.98. The highest BCUT2D eigenvalue weighted by Crippen LogP contribution is 2.14. The zero-order valence-corrected chi connectivity index (χ0v) is 9.68. The van der Waals surface area contributed by atoms with Crippen molar-refractivity contribution in [3.63, 3.8) is 0 Å². The van der Waals surface area contributed by atoms with Crippen LogP contribution in [0.3, 0.4) is 0 Å². The van der Waals surface area contributed by atoms with E-state index in [0.29, 0.717) is 17.5 Å². The van der Waals surface area contributed by atoms with Gasteiger partial charge in [-0.05, 0) is 6.92 Å². The van der Waals surface area contributed by atoms with E-state index >= 15 is 0 Å². The molecule has 3 N–H and O–H groups in total. The summed E-state index contributed by atoms with van der Waals surface area (Å²) in [5.41, 5.74) is 0. The topological polar surface area (TPSA) is 103 Å². The van der Waals surface area contributed by atoms with E-state index in [1.54, 1.807) is 6.92 Å². The third-order valence-electron chi connectivity index (χ3n) is 1.65. The number of hydrogen-bond donors (Lipinski definition) is 2. The number of hydrogen-bond acceptors (Lipinski definition) is 7. The van der Waals surface area contributed by atoms with Gasteiger partial charge in [-0.3, -0.25) is 4.79 Å². The van der Waals surface area contributed by atoms with Crippen LogP contribution in [0.4, 0.5) is 0 Å². The molecule has 0 saturated carbocycles. The van der Waals surface area contributed by atoms with Gasteiger partial charge in [-0.25, -0.2) is 4.68 Å². The van der Waals surface area contributed by atoms with E-state index in [-0.39, 0.29) is 6.42 Å². The summed E-state index contributed by atoms with van der Waals surface area (Å²) < 4.78 is 5.96. The molecular weight excluding hydrogens is 232 g/mol. The lowest BCUT2D eigenvalue weighted by Gasteiger charge is -2.08. The van der Waals surface area contributed by atoms with Gasteiger partial charge in [0.05, 0.1) is 19.1 Å². The van der Waals surface area contributed by atoms with Gasteiger partial charge < -0.3 is 15.7 Å². The monoisotopic (exact) mass is 246 g/mol. The summed E-state index contributed by atoms with van der Waals surface area (Å²) in [5.74, 6) is 5.38. The molecule has 1 rings (SSSR count). The van der Waals surface area contributed by atoms with E-state index < -0.39 is 12.1 Å². The normalized spacial score (nSPS) is 12.4. The average molecular weight is 246 g/mol. The smallest absolute Gasteiger partial charge is 0.308 e. The number of nitrogens with two attached hydrogens (primary N) is 1. The molecule has 16 heavy (non-hydrogen) atoms. The van der Waals surface area contributed by atoms with Crippen molar-refractivity contribution in [3.05, 3.63) is 6.33 Å². The largest absolute Gasteiger partial charge is 0.466 e. The minimum absolute atomic E-state index is 0.0282. The van der Waals surface area contributed by atoms with Crippen LogP contribution < -0.4 is 5.84 Å². The van der Waals surface area contributed by atoms with Crippen molar-refractivity contribution in [2.24, 2.45) is 0 Å². The fraction of sp³-hybridized carbons (Fsp3) is 0.625. The number of aromatic nitrogens is 3. The van der Waals surface area contributed by atoms with Gasteiger partial charge in [0.25, 0.3) is 0 Å². The lowest BCUT2D eigenvalue weighted by Crippen LogP contribution is -2.18. The molecule has 8 heteroatoms. The third kappa shape index (κ3) is 4.07. The number of carbonyl (C=O) groups is 1. The first kappa shape index (κ1) is 12.8. The predicted octanol–water partition coefficient (Wildman–Crippen LogP) is -0.602. The van der Waals surface area contributed by atoms with Crippen molar-refractivity contribution in [2.75, 3.05) is 18.2 Å². The van der Waals surface area contributed by atoms with Crippen molar-refractivity contribution in [3.8, 4) is 0 Å². The van der Waals surface area contributed by atoms with Crippen molar-refractivity contribution < 1.29 is 14.6 Å². The molecule has 1 heterocycles. The lowest BCUT2D eigenvalue weighted by atomic mass is 10.3. The van der Waals surface area contributed by atoms with Gasteiger partial charge in [-0.1, -0.05) is 11.8 Å². The van der Waals surface area contributed by atoms with Crippen molar-refractivity contribution in [1.29, 1.82) is 0 Å². The zero-order chi connectivity index (χ0) is 12.0. The van der Waals surface area contributed by atoms with E-state index in [1.807, 2.05) is 0 Å². The van der Waals surface area contributed by atoms with Crippen LogP contribution in [0.15, 0.2) is 11.5 Å². The Morgan fingerprint density at radius 1 is 1.81 bits per heavy atom. The number of nitrogens with zero attached hydrogens (tertiary/aromatic N) is 3. The van der Waals surface area contributed by atoms with Crippen molar-refractivity contribution >= 4 is 17.7 Å². The first-order chi connectivity index (χ1) is 7.63. The molecule has 0 aliphatic rings. The van der Waals surface area contributed by atoms with Crippen LogP contribution in [-0.4, -0.2) is 44.4 Å². The van der Waals surface area contributed by atoms with E-state index in [4.69, 9.17) is 10.6 Å². The van der Waals surface area contributed by atoms with Crippen LogP contribution in [0.2, 0.25) is 0 Å². The zero-order valence-electron chi connectivity index (χ0n) is 8.87. The Labute approximate surface area is 97.0 Å². The van der Waals surface area contributed by atoms with Crippen LogP contribution in [0, 0.1) is 0 Å². The maximum Gasteiger partial charge on any atom is 0.308 e. The molecule has 0 aliphatic carbocycles. The molecule has 1 aromatic rings. The Balaban J connectivity index is 2.27. The number of nitrogen functional groups attached to an aromatic ring is 1. The van der Waals surface area contributed by atoms with Crippen LogP contribution in [0.1, 0.15) is 13.3 Å². The molecule has 1 atom stereocenters. The van der Waals surface area contributed by atoms with E-state index in [1.165, 1.54) is 22.8 Å². The van der Waals surface area contributed by atoms with Gasteiger partial charge in [-0.15, -0.1) is 10.2 Å². The molecule has 90 valence electrons. The van der Waals surface area contributed by atoms with Crippen molar-refractivity contribution in [1.82, 2.24) is 14.9 Å². The molecule has 0 radical (unpaired) electrons. The quantitative estimate of drug-likeness (QED) is 0.392. The number of esters is 1. The van der Waals surface area contributed by atoms with Crippen LogP contribution in [0.5, 0.6) is 0 Å². The number of rotatable bonds is 6. The molecule has 0 aromatic carbocycles. The summed E-state index contributed by atoms with van der Waals surface area (Å²) >= 11 is 1.23. The van der Waals surface area contributed by atoms with Crippen LogP contribution in [-0.2, 0) is 9.53 Å². The summed E-state index contributed by atoms with van der Waals surface area (Å²) in [7, 11) is 0. The molecule has 1 unspecified atom stereocenters. The van der Waals surface area contributed by atoms with Gasteiger partial charge in [0.15, 0.2) is 0 Å². The summed E-state index contributed by atoms with van der Waals surface area (Å²) in [6.45, 7) is 2.03. The Bertz CT molecular complexity index is 344. The maximum absolute atomic E-state index is 11.0. The second-order valence-electron chi connectivity index (χ2n) is 2.99. The average Bonchev–Trinajstić information content (AvgIpc) is 2.61. The summed E-state index contributed by atoms with van der Waals surface area (Å²) in [4.78, 5) is 11.0. The van der Waals surface area contributed by atoms with Crippen molar-refractivity contribution in [2.45, 2.75) is 24.6 Å². The van der Waals surface area contributed by atoms with Gasteiger partial charge in [0.1, 0.15) is 6.33 Å². The third-order valence-corrected chi connectivity index (χ3v) is 2.75. The number of thioether (sulfide) groups is 1. The van der Waals surface area contributed by atoms with Crippen LogP contribution >= 0.6 is 11.8 Å². The fourth-order valence-electron chi connectivity index (χ4n) is 0.977. The van der Waals surface area contributed by atoms with E-state index in [2.05, 4.69) is 10.2 Å². The first-order valence-corrected chi connectivity index (χ1v) is 5.73. The molecule has 1 aromatic heterocycles. The maximum atomic E-state index is 11.0. The molecule has 0 bridgehead atoms. The predicted molar refractivity (Wildman–Crippen MR) is 58.2 cm³/mol. The van der Waals surface area contributed by atoms with Gasteiger partial charge in [0.2, 0.25) is 5.16 Å². The fourth-order valence-corrected chi connectivity index (χ4v) is 1.74. The van der Waals surface area contributed by atoms with Crippen LogP contribution in [0.25, 0.3) is 0 Å². The lowest BCUT2D eigenvalue weighted by molar-refractivity contribution is -0.144. The van der Waals surface area contributed by atoms with Gasteiger partial charge in [0, 0.05) is 5.75 Å². The molecule has 0 spiro atoms. The van der Waals surface area contributed by atoms with E-state index in [9.17, 15) is 9.90 Å². The highest BCUT2D eigenvalue weighted by Gasteiger charge is 2.13. The molecular formula is C8H14N4O3S. The highest BCUT2D eigenvalue weighted by molar-refractivity contribution is 7.99. The Morgan fingerprint density at radius 3 is 3.12 bits per heavy atom. The summed E-state index contributed by atoms with van der Waals surface area (Å²) in [6.07, 6.45) is 0.556. The summed E-state index contributed by atoms with van der Waals surface area (Å²) in [6, 6.07) is 0. The Morgan fingerprint density at radius 2 is 2.56 bits per heavy atom. The minimum Gasteiger partial charge on any atom is -0.466 e. The number of aliphatic hydroxyl groups is 1. The summed E-state index contributed by atoms with van der Waals surface area (Å²) in [5, 5.41) is 17.3. The van der Waals surface area contributed by atoms with Gasteiger partial charge >= 0.3 is 5.97 Å². The highest BCUT2D eigenvalue weighted by atomic mass is 32.2. The molecule has 7 nitrogen and oxygen atoms in total. The molecule has 0 amide bonds. The SMILES string of the molecule is CCOC(=O)CC(O)CSc1nncn1N.